The highest BCUT2D eigenvalue weighted by molar-refractivity contribution is 5.89. The fourth-order valence-corrected chi connectivity index (χ4v) is 17.8. The summed E-state index contributed by atoms with van der Waals surface area (Å²) < 4.78 is 86.9. The van der Waals surface area contributed by atoms with E-state index >= 15 is 4.39 Å². The molecule has 0 unspecified atom stereocenters. The average Bonchev–Trinajstić information content (AvgIpc) is 0.777. The van der Waals surface area contributed by atoms with Gasteiger partial charge in [-0.2, -0.15) is 0 Å². The van der Waals surface area contributed by atoms with Crippen molar-refractivity contribution in [2.24, 2.45) is 35.5 Å². The Hall–Kier alpha value is -9.67. The Morgan fingerprint density at radius 2 is 0.661 bits per heavy atom. The number of halogens is 1. The standard InChI is InChI=1S/C52H70O10.C51H67FO10/c1-7-10-38-11-13-39(14-12-38)40-15-17-41(18-16-40)42-19-21-45(37(6)31-42)44-32-46(50(60-25-9-8-23-53)49(34-44)59-28-30-62-52(56)36(4)5)43-20-22-47(48(33-43)57-26-24-54)58-27-29-61-51(55)35(2)3;1-6-9-36-10-12-37(13-11-36)38-14-16-39(17-15-38)40-18-20-43(45(52)31-40)42-30-44(49(60-24-8-7-22-53)48(33-42)59-27-29-62-51(56)35(4)5)41-19-21-46(47(32-41)57-25-23-54)58-26-28-61-50(55)34(2)3/h19-22,31-34,38-41,53-54H,2,4,7-18,23-30H2,1,3,5-6H3;18-21,30-33,36-39,53-54H,2,4,6-17,22-29H2,1,3,5H3. The van der Waals surface area contributed by atoms with E-state index in [1.54, 1.807) is 64.1 Å². The lowest BCUT2D eigenvalue weighted by Crippen LogP contribution is -2.25. The second-order valence-electron chi connectivity index (χ2n) is 34.0. The number of carbonyl (C=O) groups is 4. The molecule has 676 valence electrons. The Bertz CT molecular complexity index is 4160. The number of aliphatic hydroxyl groups excluding tert-OH is 4. The summed E-state index contributed by atoms with van der Waals surface area (Å²) in [5, 5.41) is 38.3. The Kier molecular flexibility index (Phi) is 40.9. The lowest BCUT2D eigenvalue weighted by atomic mass is 9.68. The Morgan fingerprint density at radius 1 is 0.331 bits per heavy atom. The molecule has 21 heteroatoms. The zero-order chi connectivity index (χ0) is 88.9. The summed E-state index contributed by atoms with van der Waals surface area (Å²) in [6, 6.07) is 30.8. The van der Waals surface area contributed by atoms with Gasteiger partial charge in [0.25, 0.3) is 0 Å². The minimum Gasteiger partial charge on any atom is -0.489 e. The second-order valence-corrected chi connectivity index (χ2v) is 34.0. The molecule has 0 heterocycles. The van der Waals surface area contributed by atoms with Gasteiger partial charge in [0.05, 0.1) is 26.4 Å². The molecule has 0 amide bonds. The quantitative estimate of drug-likeness (QED) is 0.0120. The fourth-order valence-electron chi connectivity index (χ4n) is 17.8. The fraction of sp³-hybridized carbons (Fsp3) is 0.534. The Morgan fingerprint density at radius 3 is 1.00 bits per heavy atom. The van der Waals surface area contributed by atoms with Crippen LogP contribution in [0.15, 0.2) is 146 Å². The molecular formula is C103H137FO20. The lowest BCUT2D eigenvalue weighted by Gasteiger charge is -2.38. The van der Waals surface area contributed by atoms with E-state index in [0.717, 1.165) is 81.7 Å². The van der Waals surface area contributed by atoms with Crippen molar-refractivity contribution in [3.63, 3.8) is 0 Å². The molecule has 4 fully saturated rings. The summed E-state index contributed by atoms with van der Waals surface area (Å²) >= 11 is 0. The van der Waals surface area contributed by atoms with Crippen molar-refractivity contribution in [3.8, 4) is 90.5 Å². The molecule has 4 N–H and O–H groups in total. The van der Waals surface area contributed by atoms with E-state index in [2.05, 4.69) is 77.4 Å². The van der Waals surface area contributed by atoms with Crippen molar-refractivity contribution >= 4 is 23.9 Å². The minimum atomic E-state index is -0.541. The number of hydrogen-bond donors (Lipinski definition) is 4. The van der Waals surface area contributed by atoms with E-state index < -0.39 is 23.9 Å². The summed E-state index contributed by atoms with van der Waals surface area (Å²) in [6.45, 7) is 27.9. The first kappa shape index (κ1) is 98.1. The first-order chi connectivity index (χ1) is 60.0. The SMILES string of the molecule is C=C(C)C(=O)OCCOc1ccc(-c2cc(-c3ccc(C4CCC(C5CCC(CCC)CC5)CC4)cc3C)cc(OCCOC(=O)C(=C)C)c2OCCCCO)cc1OCCO.C=C(C)C(=O)OCCOc1ccc(-c2cc(-c3ccc(C4CCC(C5CCC(CCC)CC5)CC4)cc3F)cc(OCCOC(=O)C(=C)C)c2OCCCCO)cc1OCCO. The second kappa shape index (κ2) is 51.7. The maximum Gasteiger partial charge on any atom is 0.333 e. The molecule has 0 aliphatic heterocycles. The van der Waals surface area contributed by atoms with Crippen molar-refractivity contribution in [1.82, 2.24) is 0 Å². The van der Waals surface area contributed by atoms with E-state index in [4.69, 9.17) is 56.8 Å². The summed E-state index contributed by atoms with van der Waals surface area (Å²) in [5.74, 6) is 6.74. The van der Waals surface area contributed by atoms with Gasteiger partial charge in [-0.25, -0.2) is 23.6 Å². The first-order valence-electron chi connectivity index (χ1n) is 45.4. The Balaban J connectivity index is 0.000000281. The van der Waals surface area contributed by atoms with Crippen LogP contribution in [0.5, 0.6) is 46.0 Å². The average molecular weight is 1710 g/mol. The number of esters is 4. The van der Waals surface area contributed by atoms with E-state index in [-0.39, 0.29) is 116 Å². The number of rotatable bonds is 48. The van der Waals surface area contributed by atoms with Crippen molar-refractivity contribution in [2.75, 3.05) is 106 Å². The molecule has 0 bridgehead atoms. The van der Waals surface area contributed by atoms with Crippen LogP contribution in [0, 0.1) is 48.2 Å². The number of carbonyl (C=O) groups excluding carboxylic acids is 4. The lowest BCUT2D eigenvalue weighted by molar-refractivity contribution is -0.140. The zero-order valence-electron chi connectivity index (χ0n) is 74.7. The molecule has 4 aliphatic carbocycles. The molecule has 10 rings (SSSR count). The molecule has 4 aliphatic rings. The Labute approximate surface area is 735 Å². The first-order valence-corrected chi connectivity index (χ1v) is 45.4. The van der Waals surface area contributed by atoms with E-state index in [1.807, 2.05) is 30.3 Å². The van der Waals surface area contributed by atoms with Crippen molar-refractivity contribution in [2.45, 2.75) is 214 Å². The van der Waals surface area contributed by atoms with Gasteiger partial charge in [0.1, 0.15) is 71.9 Å². The maximum atomic E-state index is 16.5. The highest BCUT2D eigenvalue weighted by Crippen LogP contribution is 2.51. The van der Waals surface area contributed by atoms with Gasteiger partial charge in [0.2, 0.25) is 0 Å². The van der Waals surface area contributed by atoms with Crippen molar-refractivity contribution < 1.29 is 101 Å². The molecular weight excluding hydrogens is 1580 g/mol. The molecule has 0 atom stereocenters. The van der Waals surface area contributed by atoms with E-state index in [1.165, 1.54) is 121 Å². The van der Waals surface area contributed by atoms with Crippen LogP contribution < -0.4 is 37.9 Å². The number of benzene rings is 6. The largest absolute Gasteiger partial charge is 0.489 e. The smallest absolute Gasteiger partial charge is 0.333 e. The normalized spacial score (nSPS) is 18.7. The number of hydrogen-bond acceptors (Lipinski definition) is 20. The van der Waals surface area contributed by atoms with Crippen LogP contribution in [0.3, 0.4) is 0 Å². The molecule has 0 saturated heterocycles. The van der Waals surface area contributed by atoms with Crippen LogP contribution in [0.25, 0.3) is 44.5 Å². The number of aliphatic hydroxyl groups is 4. The molecule has 6 aromatic carbocycles. The molecule has 124 heavy (non-hydrogen) atoms. The molecule has 6 aromatic rings. The maximum absolute atomic E-state index is 16.5. The number of unbranched alkanes of at least 4 members (excludes halogenated alkanes) is 2. The van der Waals surface area contributed by atoms with Gasteiger partial charge < -0.3 is 77.3 Å². The van der Waals surface area contributed by atoms with Crippen molar-refractivity contribution in [3.05, 3.63) is 168 Å². The van der Waals surface area contributed by atoms with Crippen LogP contribution >= 0.6 is 0 Å². The van der Waals surface area contributed by atoms with Gasteiger partial charge >= 0.3 is 23.9 Å². The van der Waals surface area contributed by atoms with Gasteiger partial charge in [-0.05, 0) is 284 Å². The predicted molar refractivity (Wildman–Crippen MR) is 483 cm³/mol. The topological polar surface area (TPSA) is 260 Å². The summed E-state index contributed by atoms with van der Waals surface area (Å²) in [4.78, 5) is 48.1. The molecule has 0 spiro atoms. The summed E-state index contributed by atoms with van der Waals surface area (Å²) in [5.41, 5.74) is 10.2. The van der Waals surface area contributed by atoms with Gasteiger partial charge in [-0.15, -0.1) is 0 Å². The third-order valence-electron chi connectivity index (χ3n) is 24.5. The van der Waals surface area contributed by atoms with Crippen LogP contribution in [-0.2, 0) is 38.1 Å². The molecule has 20 nitrogen and oxygen atoms in total. The molecule has 0 aromatic heterocycles. The van der Waals surface area contributed by atoms with Gasteiger partial charge in [0, 0.05) is 52.2 Å². The van der Waals surface area contributed by atoms with Crippen LogP contribution in [0.1, 0.15) is 224 Å². The molecule has 4 saturated carbocycles. The van der Waals surface area contributed by atoms with E-state index in [0.29, 0.717) is 124 Å². The molecule has 0 radical (unpaired) electrons. The van der Waals surface area contributed by atoms with E-state index in [9.17, 15) is 39.6 Å². The number of aryl methyl sites for hydroxylation is 1. The summed E-state index contributed by atoms with van der Waals surface area (Å²) in [6.07, 6.45) is 28.3. The minimum absolute atomic E-state index is 0.00273. The van der Waals surface area contributed by atoms with Crippen LogP contribution in [-0.4, -0.2) is 150 Å². The van der Waals surface area contributed by atoms with Gasteiger partial charge in [-0.1, -0.05) is 134 Å². The zero-order valence-corrected chi connectivity index (χ0v) is 74.7. The van der Waals surface area contributed by atoms with Gasteiger partial charge in [0.15, 0.2) is 46.0 Å². The summed E-state index contributed by atoms with van der Waals surface area (Å²) in [7, 11) is 0. The third kappa shape index (κ3) is 29.7. The van der Waals surface area contributed by atoms with Crippen LogP contribution in [0.2, 0.25) is 0 Å². The monoisotopic (exact) mass is 1710 g/mol. The highest BCUT2D eigenvalue weighted by Gasteiger charge is 2.34. The van der Waals surface area contributed by atoms with Crippen molar-refractivity contribution in [1.29, 1.82) is 0 Å². The third-order valence-corrected chi connectivity index (χ3v) is 24.5. The van der Waals surface area contributed by atoms with Crippen LogP contribution in [0.4, 0.5) is 4.39 Å². The predicted octanol–water partition coefficient (Wildman–Crippen LogP) is 21.3. The highest BCUT2D eigenvalue weighted by atomic mass is 19.1. The van der Waals surface area contributed by atoms with Gasteiger partial charge in [-0.3, -0.25) is 0 Å². The number of ether oxygens (including phenoxy) is 12.